The minimum Gasteiger partial charge on any atom is -0.497 e. The van der Waals surface area contributed by atoms with Gasteiger partial charge in [0.25, 0.3) is 0 Å². The molecule has 4 aromatic rings. The predicted octanol–water partition coefficient (Wildman–Crippen LogP) is 5.48. The zero-order valence-electron chi connectivity index (χ0n) is 20.4. The number of carbonyl (C=O) groups is 1. The van der Waals surface area contributed by atoms with E-state index >= 15 is 0 Å². The maximum atomic E-state index is 12.7. The number of nitrogens with zero attached hydrogens (tertiary/aromatic N) is 2. The average molecular weight is 487 g/mol. The zero-order valence-corrected chi connectivity index (χ0v) is 20.4. The Morgan fingerprint density at radius 2 is 1.47 bits per heavy atom. The Morgan fingerprint density at radius 1 is 0.778 bits per heavy atom. The molecule has 36 heavy (non-hydrogen) atoms. The molecule has 0 radical (unpaired) electrons. The number of benzene rings is 3. The van der Waals surface area contributed by atoms with Crippen LogP contribution in [0.1, 0.15) is 11.4 Å². The van der Waals surface area contributed by atoms with Crippen molar-refractivity contribution >= 4 is 40.6 Å². The number of aromatic nitrogens is 2. The molecule has 0 aliphatic rings. The van der Waals surface area contributed by atoms with Gasteiger partial charge in [-0.1, -0.05) is 18.2 Å². The Labute approximate surface area is 208 Å². The smallest absolute Gasteiger partial charge is 0.324 e. The molecule has 9 heteroatoms. The molecule has 2 N–H and O–H groups in total. The number of ether oxygens (including phenoxy) is 4. The molecule has 0 aliphatic heterocycles. The Bertz CT molecular complexity index is 1380. The average Bonchev–Trinajstić information content (AvgIpc) is 2.91. The van der Waals surface area contributed by atoms with Gasteiger partial charge in [-0.05, 0) is 60.2 Å². The van der Waals surface area contributed by atoms with Crippen LogP contribution in [0.25, 0.3) is 23.1 Å². The number of urea groups is 1. The van der Waals surface area contributed by atoms with Crippen LogP contribution < -0.4 is 29.6 Å². The summed E-state index contributed by atoms with van der Waals surface area (Å²) < 4.78 is 21.4. The van der Waals surface area contributed by atoms with Gasteiger partial charge in [0.1, 0.15) is 11.6 Å². The standard InChI is InChI=1S/C27H26N4O5/c1-33-19-12-10-18(11-13-19)28-27(32)31-26-20-7-5-6-8-21(20)29-24(30-26)14-9-17-15-22(34-2)25(36-4)23(16-17)35-3/h5-16H,1-4H3,(H2,28,29,30,31,32)/b14-9+. The highest BCUT2D eigenvalue weighted by Crippen LogP contribution is 2.38. The number of fused-ring (bicyclic) bond motifs is 1. The number of rotatable bonds is 8. The van der Waals surface area contributed by atoms with Crippen LogP contribution >= 0.6 is 0 Å². The third-order valence-corrected chi connectivity index (χ3v) is 5.31. The van der Waals surface area contributed by atoms with E-state index in [0.29, 0.717) is 51.2 Å². The van der Waals surface area contributed by atoms with Crippen LogP contribution in [0.3, 0.4) is 0 Å². The van der Waals surface area contributed by atoms with Gasteiger partial charge in [-0.25, -0.2) is 14.8 Å². The Balaban J connectivity index is 1.62. The molecule has 1 aromatic heterocycles. The van der Waals surface area contributed by atoms with Crippen molar-refractivity contribution in [1.82, 2.24) is 9.97 Å². The number of carbonyl (C=O) groups excluding carboxylic acids is 1. The third kappa shape index (κ3) is 5.47. The fourth-order valence-corrected chi connectivity index (χ4v) is 3.58. The van der Waals surface area contributed by atoms with Gasteiger partial charge in [0.05, 0.1) is 34.0 Å². The zero-order chi connectivity index (χ0) is 25.5. The maximum absolute atomic E-state index is 12.7. The summed E-state index contributed by atoms with van der Waals surface area (Å²) in [5, 5.41) is 6.34. The molecule has 0 saturated carbocycles. The highest BCUT2D eigenvalue weighted by Gasteiger charge is 2.13. The number of hydrogen-bond acceptors (Lipinski definition) is 7. The number of anilines is 2. The van der Waals surface area contributed by atoms with E-state index in [9.17, 15) is 4.79 Å². The third-order valence-electron chi connectivity index (χ3n) is 5.31. The van der Waals surface area contributed by atoms with Crippen molar-refractivity contribution in [1.29, 1.82) is 0 Å². The fourth-order valence-electron chi connectivity index (χ4n) is 3.58. The molecular formula is C27H26N4O5. The minimum absolute atomic E-state index is 0.385. The first-order valence-corrected chi connectivity index (χ1v) is 11.0. The molecule has 3 aromatic carbocycles. The van der Waals surface area contributed by atoms with Crippen LogP contribution in [0.5, 0.6) is 23.0 Å². The van der Waals surface area contributed by atoms with Crippen LogP contribution in [-0.4, -0.2) is 44.4 Å². The first-order chi connectivity index (χ1) is 17.5. The Hall–Kier alpha value is -4.79. The lowest BCUT2D eigenvalue weighted by Crippen LogP contribution is -2.20. The molecule has 9 nitrogen and oxygen atoms in total. The molecule has 0 fully saturated rings. The van der Waals surface area contributed by atoms with E-state index in [4.69, 9.17) is 18.9 Å². The molecule has 0 saturated heterocycles. The van der Waals surface area contributed by atoms with Gasteiger partial charge >= 0.3 is 6.03 Å². The van der Waals surface area contributed by atoms with Gasteiger partial charge in [0, 0.05) is 11.1 Å². The van der Waals surface area contributed by atoms with Gasteiger partial charge in [-0.2, -0.15) is 0 Å². The van der Waals surface area contributed by atoms with Crippen molar-refractivity contribution < 1.29 is 23.7 Å². The summed E-state index contributed by atoms with van der Waals surface area (Å²) in [5.41, 5.74) is 2.11. The van der Waals surface area contributed by atoms with Gasteiger partial charge < -0.3 is 24.3 Å². The number of amides is 2. The molecule has 0 aliphatic carbocycles. The Morgan fingerprint density at radius 3 is 2.11 bits per heavy atom. The van der Waals surface area contributed by atoms with Crippen molar-refractivity contribution in [2.24, 2.45) is 0 Å². The van der Waals surface area contributed by atoms with Crippen molar-refractivity contribution in [3.8, 4) is 23.0 Å². The number of methoxy groups -OCH3 is 4. The van der Waals surface area contributed by atoms with Crippen molar-refractivity contribution in [2.45, 2.75) is 0 Å². The van der Waals surface area contributed by atoms with Crippen molar-refractivity contribution in [3.63, 3.8) is 0 Å². The summed E-state index contributed by atoms with van der Waals surface area (Å²) in [5.74, 6) is 3.08. The molecule has 184 valence electrons. The summed E-state index contributed by atoms with van der Waals surface area (Å²) >= 11 is 0. The lowest BCUT2D eigenvalue weighted by atomic mass is 10.1. The molecule has 0 unspecified atom stereocenters. The lowest BCUT2D eigenvalue weighted by molar-refractivity contribution is 0.262. The van der Waals surface area contributed by atoms with Crippen LogP contribution in [0, 0.1) is 0 Å². The summed E-state index contributed by atoms with van der Waals surface area (Å²) in [6.07, 6.45) is 3.58. The number of hydrogen-bond donors (Lipinski definition) is 2. The summed E-state index contributed by atoms with van der Waals surface area (Å²) in [4.78, 5) is 21.9. The van der Waals surface area contributed by atoms with E-state index in [1.165, 1.54) is 0 Å². The van der Waals surface area contributed by atoms with Crippen LogP contribution in [0.4, 0.5) is 16.3 Å². The van der Waals surface area contributed by atoms with E-state index in [1.54, 1.807) is 58.8 Å². The monoisotopic (exact) mass is 486 g/mol. The molecule has 0 spiro atoms. The van der Waals surface area contributed by atoms with Crippen LogP contribution in [0.2, 0.25) is 0 Å². The molecule has 1 heterocycles. The highest BCUT2D eigenvalue weighted by molar-refractivity contribution is 6.04. The molecule has 2 amide bonds. The molecular weight excluding hydrogens is 460 g/mol. The number of nitrogens with one attached hydrogen (secondary N) is 2. The fraction of sp³-hybridized carbons (Fsp3) is 0.148. The Kier molecular flexibility index (Phi) is 7.50. The summed E-state index contributed by atoms with van der Waals surface area (Å²) in [7, 11) is 6.26. The summed E-state index contributed by atoms with van der Waals surface area (Å²) in [6, 6.07) is 17.7. The van der Waals surface area contributed by atoms with Gasteiger partial charge in [-0.3, -0.25) is 5.32 Å². The van der Waals surface area contributed by atoms with Gasteiger partial charge in [-0.15, -0.1) is 0 Å². The largest absolute Gasteiger partial charge is 0.497 e. The second-order valence-electron chi connectivity index (χ2n) is 7.55. The van der Waals surface area contributed by atoms with E-state index in [2.05, 4.69) is 20.6 Å². The first kappa shape index (κ1) is 24.3. The topological polar surface area (TPSA) is 104 Å². The van der Waals surface area contributed by atoms with Crippen molar-refractivity contribution in [3.05, 3.63) is 72.1 Å². The second-order valence-corrected chi connectivity index (χ2v) is 7.55. The van der Waals surface area contributed by atoms with Gasteiger partial charge in [0.2, 0.25) is 5.75 Å². The first-order valence-electron chi connectivity index (χ1n) is 11.0. The highest BCUT2D eigenvalue weighted by atomic mass is 16.5. The van der Waals surface area contributed by atoms with Crippen LogP contribution in [0.15, 0.2) is 60.7 Å². The second kappa shape index (κ2) is 11.1. The van der Waals surface area contributed by atoms with Crippen LogP contribution in [-0.2, 0) is 0 Å². The van der Waals surface area contributed by atoms with E-state index < -0.39 is 6.03 Å². The van der Waals surface area contributed by atoms with Crippen molar-refractivity contribution in [2.75, 3.05) is 39.1 Å². The van der Waals surface area contributed by atoms with E-state index in [-0.39, 0.29) is 0 Å². The normalized spacial score (nSPS) is 10.8. The maximum Gasteiger partial charge on any atom is 0.324 e. The molecule has 0 bridgehead atoms. The minimum atomic E-state index is -0.427. The predicted molar refractivity (Wildman–Crippen MR) is 140 cm³/mol. The molecule has 0 atom stereocenters. The van der Waals surface area contributed by atoms with Gasteiger partial charge in [0.15, 0.2) is 17.3 Å². The SMILES string of the molecule is COc1ccc(NC(=O)Nc2nc(/C=C/c3cc(OC)c(OC)c(OC)c3)nc3ccccc23)cc1. The number of para-hydroxylation sites is 1. The summed E-state index contributed by atoms with van der Waals surface area (Å²) in [6.45, 7) is 0. The lowest BCUT2D eigenvalue weighted by Gasteiger charge is -2.13. The quantitative estimate of drug-likeness (QED) is 0.340. The van der Waals surface area contributed by atoms with E-state index in [0.717, 1.165) is 5.56 Å². The molecule has 4 rings (SSSR count). The van der Waals surface area contributed by atoms with E-state index in [1.807, 2.05) is 42.5 Å².